The third kappa shape index (κ3) is 5.60. The van der Waals surface area contributed by atoms with Gasteiger partial charge in [-0.25, -0.2) is 9.97 Å². The van der Waals surface area contributed by atoms with Crippen LogP contribution < -0.4 is 5.32 Å². The average molecular weight is 536 g/mol. The molecule has 6 N–H and O–H groups in total. The van der Waals surface area contributed by atoms with Crippen LogP contribution in [-0.2, 0) is 13.9 Å². The molecule has 3 unspecified atom stereocenters. The van der Waals surface area contributed by atoms with Gasteiger partial charge in [-0.15, -0.1) is 0 Å². The van der Waals surface area contributed by atoms with Crippen LogP contribution in [-0.4, -0.2) is 84.8 Å². The van der Waals surface area contributed by atoms with E-state index < -0.39 is 51.6 Å². The fraction of sp³-hybridized carbons (Fsp3) is 0.438. The molecule has 1 saturated heterocycles. The third-order valence-corrected chi connectivity index (χ3v) is 9.35. The van der Waals surface area contributed by atoms with Gasteiger partial charge in [0.1, 0.15) is 23.9 Å². The Hall–Kier alpha value is -2.06. The number of aliphatic hydroxyl groups excluding tert-OH is 2. The molecule has 0 bridgehead atoms. The Kier molecular flexibility index (Phi) is 7.02. The summed E-state index contributed by atoms with van der Waals surface area (Å²) in [6.45, 7) is 0. The summed E-state index contributed by atoms with van der Waals surface area (Å²) in [4.78, 5) is 48.2. The van der Waals surface area contributed by atoms with Crippen LogP contribution in [0.25, 0.3) is 11.2 Å². The second-order valence-corrected chi connectivity index (χ2v) is 12.5. The van der Waals surface area contributed by atoms with E-state index in [9.17, 15) is 24.2 Å². The monoisotopic (exact) mass is 535 g/mol. The Morgan fingerprint density at radius 3 is 2.56 bits per heavy atom. The van der Waals surface area contributed by atoms with Crippen LogP contribution >= 0.6 is 26.6 Å². The Balaban J connectivity index is 1.56. The fourth-order valence-electron chi connectivity index (χ4n) is 3.53. The molecule has 0 aliphatic carbocycles. The molecule has 4 rings (SSSR count). The number of fused-ring (bicyclic) bond motifs is 1. The van der Waals surface area contributed by atoms with Crippen molar-refractivity contribution in [3.05, 3.63) is 30.2 Å². The summed E-state index contributed by atoms with van der Waals surface area (Å²) in [5.41, 5.74) is 0.419. The largest absolute Gasteiger partial charge is 0.388 e. The maximum absolute atomic E-state index is 12.1. The molecule has 1 aliphatic heterocycles. The lowest BCUT2D eigenvalue weighted by Gasteiger charge is -2.18. The third-order valence-electron chi connectivity index (χ3n) is 4.98. The molecule has 34 heavy (non-hydrogen) atoms. The van der Waals surface area contributed by atoms with E-state index >= 15 is 0 Å². The number of rotatable bonds is 8. The van der Waals surface area contributed by atoms with Crippen LogP contribution in [0.2, 0.25) is 5.28 Å². The molecular formula is C16H20ClN7O8P2. The molecule has 3 aromatic rings. The number of aromatic nitrogens is 6. The normalized spacial score (nSPS) is 24.9. The maximum atomic E-state index is 12.1. The number of ether oxygens (including phenoxy) is 1. The highest BCUT2D eigenvalue weighted by Crippen LogP contribution is 2.55. The Labute approximate surface area is 196 Å². The number of hydrogen-bond donors (Lipinski definition) is 6. The lowest BCUT2D eigenvalue weighted by molar-refractivity contribution is -0.0354. The minimum absolute atomic E-state index is 0.149. The summed E-state index contributed by atoms with van der Waals surface area (Å²) in [5, 5.41) is 23.7. The SMILES string of the molecule is O=P(O)(O)CP(=O)(O)CC[C@H]1O[C@@H](n2cnc3c(Nc4cnccn4)nc(Cl)nc32)C(O)C1O. The molecule has 15 nitrogen and oxygen atoms in total. The van der Waals surface area contributed by atoms with Crippen molar-refractivity contribution in [3.8, 4) is 0 Å². The summed E-state index contributed by atoms with van der Waals surface area (Å²) < 4.78 is 30.2. The summed E-state index contributed by atoms with van der Waals surface area (Å²) >= 11 is 6.06. The van der Waals surface area contributed by atoms with E-state index in [1.54, 1.807) is 0 Å². The zero-order chi connectivity index (χ0) is 24.7. The van der Waals surface area contributed by atoms with Gasteiger partial charge in [-0.1, -0.05) is 0 Å². The summed E-state index contributed by atoms with van der Waals surface area (Å²) in [6, 6.07) is 0. The van der Waals surface area contributed by atoms with E-state index in [0.29, 0.717) is 5.82 Å². The van der Waals surface area contributed by atoms with E-state index in [1.807, 2.05) is 0 Å². The summed E-state index contributed by atoms with van der Waals surface area (Å²) in [5.74, 6) is -0.611. The van der Waals surface area contributed by atoms with Crippen LogP contribution in [0.3, 0.4) is 0 Å². The highest BCUT2D eigenvalue weighted by atomic mass is 35.5. The van der Waals surface area contributed by atoms with E-state index in [-0.39, 0.29) is 28.7 Å². The minimum atomic E-state index is -4.71. The van der Waals surface area contributed by atoms with Gasteiger partial charge in [-0.3, -0.25) is 18.7 Å². The second kappa shape index (κ2) is 9.53. The number of nitrogens with zero attached hydrogens (tertiary/aromatic N) is 6. The number of anilines is 2. The van der Waals surface area contributed by atoms with Gasteiger partial charge in [0, 0.05) is 18.6 Å². The number of hydrogen-bond acceptors (Lipinski definition) is 11. The first kappa shape index (κ1) is 25.0. The van der Waals surface area contributed by atoms with Gasteiger partial charge in [0.2, 0.25) is 12.7 Å². The van der Waals surface area contributed by atoms with Gasteiger partial charge >= 0.3 is 7.60 Å². The molecule has 3 aromatic heterocycles. The molecule has 5 atom stereocenters. The minimum Gasteiger partial charge on any atom is -0.388 e. The van der Waals surface area contributed by atoms with Crippen LogP contribution in [0, 0.1) is 0 Å². The van der Waals surface area contributed by atoms with Gasteiger partial charge in [0.25, 0.3) is 0 Å². The Bertz CT molecular complexity index is 1270. The van der Waals surface area contributed by atoms with Crippen LogP contribution in [0.1, 0.15) is 12.6 Å². The zero-order valence-corrected chi connectivity index (χ0v) is 19.7. The Morgan fingerprint density at radius 2 is 1.88 bits per heavy atom. The van der Waals surface area contributed by atoms with Crippen molar-refractivity contribution in [2.24, 2.45) is 0 Å². The predicted molar refractivity (Wildman–Crippen MR) is 118 cm³/mol. The second-order valence-electron chi connectivity index (χ2n) is 7.59. The quantitative estimate of drug-likeness (QED) is 0.170. The summed E-state index contributed by atoms with van der Waals surface area (Å²) in [7, 11) is -8.90. The van der Waals surface area contributed by atoms with Crippen molar-refractivity contribution in [3.63, 3.8) is 0 Å². The number of halogens is 1. The Morgan fingerprint density at radius 1 is 1.12 bits per heavy atom. The first-order valence-corrected chi connectivity index (χ1v) is 13.9. The molecule has 184 valence electrons. The fourth-order valence-corrected chi connectivity index (χ4v) is 7.22. The van der Waals surface area contributed by atoms with E-state index in [1.165, 1.54) is 29.5 Å². The zero-order valence-electron chi connectivity index (χ0n) is 17.2. The highest BCUT2D eigenvalue weighted by molar-refractivity contribution is 7.72. The van der Waals surface area contributed by atoms with Crippen molar-refractivity contribution in [1.82, 2.24) is 29.5 Å². The number of aliphatic hydroxyl groups is 2. The first-order valence-electron chi connectivity index (χ1n) is 9.74. The van der Waals surface area contributed by atoms with Crippen molar-refractivity contribution in [2.45, 2.75) is 31.0 Å². The maximum Gasteiger partial charge on any atom is 0.335 e. The van der Waals surface area contributed by atoms with Gasteiger partial charge in [-0.2, -0.15) is 9.97 Å². The molecular weight excluding hydrogens is 516 g/mol. The van der Waals surface area contributed by atoms with E-state index in [4.69, 9.17) is 26.1 Å². The molecule has 0 aromatic carbocycles. The lowest BCUT2D eigenvalue weighted by Crippen LogP contribution is -2.32. The molecule has 0 amide bonds. The first-order chi connectivity index (χ1) is 15.9. The highest BCUT2D eigenvalue weighted by Gasteiger charge is 2.45. The molecule has 4 heterocycles. The average Bonchev–Trinajstić information content (AvgIpc) is 3.27. The van der Waals surface area contributed by atoms with Crippen molar-refractivity contribution >= 4 is 49.4 Å². The number of imidazole rings is 1. The van der Waals surface area contributed by atoms with E-state index in [0.717, 1.165) is 0 Å². The van der Waals surface area contributed by atoms with Gasteiger partial charge < -0.3 is 34.9 Å². The van der Waals surface area contributed by atoms with Crippen molar-refractivity contribution in [1.29, 1.82) is 0 Å². The molecule has 1 aliphatic rings. The number of nitrogens with one attached hydrogen (secondary N) is 1. The molecule has 0 saturated carbocycles. The van der Waals surface area contributed by atoms with Crippen LogP contribution in [0.5, 0.6) is 0 Å². The lowest BCUT2D eigenvalue weighted by atomic mass is 10.1. The molecule has 1 fully saturated rings. The van der Waals surface area contributed by atoms with Crippen LogP contribution in [0.4, 0.5) is 11.6 Å². The predicted octanol–water partition coefficient (Wildman–Crippen LogP) is 0.428. The van der Waals surface area contributed by atoms with Gasteiger partial charge in [0.05, 0.1) is 18.6 Å². The van der Waals surface area contributed by atoms with Gasteiger partial charge in [-0.05, 0) is 18.0 Å². The van der Waals surface area contributed by atoms with E-state index in [2.05, 4.69) is 30.2 Å². The van der Waals surface area contributed by atoms with Crippen molar-refractivity contribution in [2.75, 3.05) is 17.4 Å². The molecule has 0 radical (unpaired) electrons. The van der Waals surface area contributed by atoms with Crippen molar-refractivity contribution < 1.29 is 38.8 Å². The summed E-state index contributed by atoms with van der Waals surface area (Å²) in [6.07, 6.45) is -0.236. The van der Waals surface area contributed by atoms with Gasteiger partial charge in [0.15, 0.2) is 23.2 Å². The smallest absolute Gasteiger partial charge is 0.335 e. The topological polar surface area (TPSA) is 226 Å². The molecule has 0 spiro atoms. The van der Waals surface area contributed by atoms with Crippen LogP contribution in [0.15, 0.2) is 24.9 Å². The molecule has 18 heteroatoms. The standard InChI is InChI=1S/C16H20ClN7O8P2/c17-16-22-13(21-9-5-18-2-3-19-9)10-14(23-16)24(6-20-10)15-12(26)11(25)8(32-15)1-4-33(27,28)7-34(29,30)31/h2-3,5-6,8,11-12,15,25-26H,1,4,7H2,(H,27,28)(H2,29,30,31)(H,19,21,22,23)/t8-,11?,12?,15-/m1/s1.